The van der Waals surface area contributed by atoms with Crippen LogP contribution >= 0.6 is 0 Å². The molecule has 0 fully saturated rings. The summed E-state index contributed by atoms with van der Waals surface area (Å²) in [7, 11) is 0. The first-order valence-corrected chi connectivity index (χ1v) is 7.57. The van der Waals surface area contributed by atoms with Crippen LogP contribution < -0.4 is 15.4 Å². The molecule has 2 aromatic rings. The third-order valence-electron chi connectivity index (χ3n) is 3.20. The van der Waals surface area contributed by atoms with Crippen molar-refractivity contribution in [3.63, 3.8) is 0 Å². The Bertz CT molecular complexity index is 698. The molecule has 2 aromatic carbocycles. The lowest BCUT2D eigenvalue weighted by atomic mass is 10.1. The van der Waals surface area contributed by atoms with Gasteiger partial charge >= 0.3 is 0 Å². The van der Waals surface area contributed by atoms with E-state index in [1.165, 1.54) is 0 Å². The molecule has 5 heteroatoms. The maximum absolute atomic E-state index is 12.5. The third kappa shape index (κ3) is 4.32. The number of para-hydroxylation sites is 3. The first-order valence-electron chi connectivity index (χ1n) is 7.57. The van der Waals surface area contributed by atoms with E-state index in [1.54, 1.807) is 43.3 Å². The Morgan fingerprint density at radius 3 is 2.26 bits per heavy atom. The molecule has 5 nitrogen and oxygen atoms in total. The van der Waals surface area contributed by atoms with E-state index < -0.39 is 0 Å². The van der Waals surface area contributed by atoms with Crippen molar-refractivity contribution in [2.75, 3.05) is 17.2 Å². The van der Waals surface area contributed by atoms with E-state index in [1.807, 2.05) is 19.1 Å². The highest BCUT2D eigenvalue weighted by Crippen LogP contribution is 2.25. The van der Waals surface area contributed by atoms with Crippen molar-refractivity contribution in [2.24, 2.45) is 0 Å². The van der Waals surface area contributed by atoms with Gasteiger partial charge in [0.05, 0.1) is 23.5 Å². The van der Waals surface area contributed by atoms with Gasteiger partial charge in [-0.05, 0) is 31.2 Å². The van der Waals surface area contributed by atoms with Crippen molar-refractivity contribution in [3.8, 4) is 5.75 Å². The number of hydrogen-bond donors (Lipinski definition) is 2. The van der Waals surface area contributed by atoms with Gasteiger partial charge in [0.25, 0.3) is 5.91 Å². The molecule has 0 saturated carbocycles. The zero-order valence-corrected chi connectivity index (χ0v) is 13.3. The highest BCUT2D eigenvalue weighted by Gasteiger charge is 2.14. The van der Waals surface area contributed by atoms with Crippen LogP contribution in [-0.2, 0) is 4.79 Å². The van der Waals surface area contributed by atoms with Crippen LogP contribution in [0.15, 0.2) is 48.5 Å². The van der Waals surface area contributed by atoms with Crippen molar-refractivity contribution in [1.29, 1.82) is 0 Å². The predicted molar refractivity (Wildman–Crippen MR) is 90.9 cm³/mol. The summed E-state index contributed by atoms with van der Waals surface area (Å²) in [4.78, 5) is 24.1. The van der Waals surface area contributed by atoms with Gasteiger partial charge in [0.15, 0.2) is 0 Å². The van der Waals surface area contributed by atoms with Gasteiger partial charge in [-0.15, -0.1) is 0 Å². The maximum Gasteiger partial charge on any atom is 0.257 e. The molecule has 0 heterocycles. The molecule has 0 aliphatic rings. The molecule has 0 aliphatic carbocycles. The van der Waals surface area contributed by atoms with Gasteiger partial charge < -0.3 is 15.4 Å². The average molecular weight is 312 g/mol. The summed E-state index contributed by atoms with van der Waals surface area (Å²) in [5.74, 6) is 0.169. The number of carbonyl (C=O) groups excluding carboxylic acids is 2. The summed E-state index contributed by atoms with van der Waals surface area (Å²) in [5, 5.41) is 5.56. The maximum atomic E-state index is 12.5. The van der Waals surface area contributed by atoms with Crippen LogP contribution in [0.3, 0.4) is 0 Å². The molecule has 2 rings (SSSR count). The van der Waals surface area contributed by atoms with Gasteiger partial charge in [0, 0.05) is 6.42 Å². The van der Waals surface area contributed by atoms with E-state index in [-0.39, 0.29) is 11.8 Å². The highest BCUT2D eigenvalue weighted by molar-refractivity contribution is 6.10. The normalized spacial score (nSPS) is 10.0. The molecule has 0 atom stereocenters. The number of carbonyl (C=O) groups is 2. The highest BCUT2D eigenvalue weighted by atomic mass is 16.5. The number of hydrogen-bond acceptors (Lipinski definition) is 3. The second-order valence-corrected chi connectivity index (χ2v) is 4.83. The SMILES string of the molecule is CCOc1ccccc1NC(=O)c1ccccc1NC(=O)CC. The fourth-order valence-electron chi connectivity index (χ4n) is 2.07. The molecule has 0 unspecified atom stereocenters. The van der Waals surface area contributed by atoms with Gasteiger partial charge in [-0.2, -0.15) is 0 Å². The second kappa shape index (κ2) is 7.98. The van der Waals surface area contributed by atoms with E-state index in [4.69, 9.17) is 4.74 Å². The molecule has 0 aliphatic heterocycles. The van der Waals surface area contributed by atoms with Crippen LogP contribution in [0.5, 0.6) is 5.75 Å². The lowest BCUT2D eigenvalue weighted by Gasteiger charge is -2.13. The van der Waals surface area contributed by atoms with Gasteiger partial charge in [0.1, 0.15) is 5.75 Å². The Kier molecular flexibility index (Phi) is 5.74. The molecular weight excluding hydrogens is 292 g/mol. The first-order chi connectivity index (χ1) is 11.2. The summed E-state index contributed by atoms with van der Waals surface area (Å²) < 4.78 is 5.50. The molecule has 0 aromatic heterocycles. The molecule has 23 heavy (non-hydrogen) atoms. The molecule has 0 saturated heterocycles. The van der Waals surface area contributed by atoms with E-state index >= 15 is 0 Å². The number of ether oxygens (including phenoxy) is 1. The molecule has 2 amide bonds. The Labute approximate surface area is 135 Å². The van der Waals surface area contributed by atoms with Crippen molar-refractivity contribution in [1.82, 2.24) is 0 Å². The smallest absolute Gasteiger partial charge is 0.257 e. The monoisotopic (exact) mass is 312 g/mol. The lowest BCUT2D eigenvalue weighted by Crippen LogP contribution is -2.17. The summed E-state index contributed by atoms with van der Waals surface area (Å²) in [6.45, 7) is 4.15. The summed E-state index contributed by atoms with van der Waals surface area (Å²) in [5.41, 5.74) is 1.49. The number of amides is 2. The molecule has 2 N–H and O–H groups in total. The quantitative estimate of drug-likeness (QED) is 0.855. The predicted octanol–water partition coefficient (Wildman–Crippen LogP) is 3.69. The molecular formula is C18H20N2O3. The van der Waals surface area contributed by atoms with E-state index in [0.29, 0.717) is 35.7 Å². The minimum Gasteiger partial charge on any atom is -0.492 e. The minimum atomic E-state index is -0.302. The van der Waals surface area contributed by atoms with E-state index in [0.717, 1.165) is 0 Å². The van der Waals surface area contributed by atoms with Crippen molar-refractivity contribution in [3.05, 3.63) is 54.1 Å². The topological polar surface area (TPSA) is 67.4 Å². The number of benzene rings is 2. The Morgan fingerprint density at radius 2 is 1.57 bits per heavy atom. The Balaban J connectivity index is 2.23. The Hall–Kier alpha value is -2.82. The minimum absolute atomic E-state index is 0.139. The molecule has 0 radical (unpaired) electrons. The van der Waals surface area contributed by atoms with Crippen molar-refractivity contribution >= 4 is 23.2 Å². The van der Waals surface area contributed by atoms with Gasteiger partial charge in [0.2, 0.25) is 5.91 Å². The van der Waals surface area contributed by atoms with Crippen molar-refractivity contribution < 1.29 is 14.3 Å². The largest absolute Gasteiger partial charge is 0.492 e. The van der Waals surface area contributed by atoms with Crippen LogP contribution in [0.2, 0.25) is 0 Å². The van der Waals surface area contributed by atoms with E-state index in [9.17, 15) is 9.59 Å². The van der Waals surface area contributed by atoms with Gasteiger partial charge in [-0.1, -0.05) is 31.2 Å². The number of anilines is 2. The van der Waals surface area contributed by atoms with Crippen LogP contribution in [0, 0.1) is 0 Å². The molecule has 0 spiro atoms. The fraction of sp³-hybridized carbons (Fsp3) is 0.222. The molecule has 0 bridgehead atoms. The average Bonchev–Trinajstić information content (AvgIpc) is 2.57. The second-order valence-electron chi connectivity index (χ2n) is 4.83. The van der Waals surface area contributed by atoms with Crippen LogP contribution in [0.25, 0.3) is 0 Å². The zero-order valence-electron chi connectivity index (χ0n) is 13.3. The number of rotatable bonds is 6. The fourth-order valence-corrected chi connectivity index (χ4v) is 2.07. The lowest BCUT2D eigenvalue weighted by molar-refractivity contribution is -0.115. The van der Waals surface area contributed by atoms with Crippen LogP contribution in [-0.4, -0.2) is 18.4 Å². The standard InChI is InChI=1S/C18H20N2O3/c1-3-17(21)19-14-10-6-5-9-13(14)18(22)20-15-11-7-8-12-16(15)23-4-2/h5-12H,3-4H2,1-2H3,(H,19,21)(H,20,22). The van der Waals surface area contributed by atoms with Gasteiger partial charge in [-0.25, -0.2) is 0 Å². The van der Waals surface area contributed by atoms with Gasteiger partial charge in [-0.3, -0.25) is 9.59 Å². The summed E-state index contributed by atoms with van der Waals surface area (Å²) in [6, 6.07) is 14.1. The third-order valence-corrected chi connectivity index (χ3v) is 3.20. The first kappa shape index (κ1) is 16.5. The summed E-state index contributed by atoms with van der Waals surface area (Å²) in [6.07, 6.45) is 0.350. The number of nitrogens with one attached hydrogen (secondary N) is 2. The van der Waals surface area contributed by atoms with Crippen molar-refractivity contribution in [2.45, 2.75) is 20.3 Å². The summed E-state index contributed by atoms with van der Waals surface area (Å²) >= 11 is 0. The van der Waals surface area contributed by atoms with E-state index in [2.05, 4.69) is 10.6 Å². The zero-order chi connectivity index (χ0) is 16.7. The van der Waals surface area contributed by atoms with Crippen LogP contribution in [0.1, 0.15) is 30.6 Å². The Morgan fingerprint density at radius 1 is 0.913 bits per heavy atom. The molecule has 120 valence electrons. The van der Waals surface area contributed by atoms with Crippen LogP contribution in [0.4, 0.5) is 11.4 Å².